The van der Waals surface area contributed by atoms with Crippen LogP contribution in [0.4, 0.5) is 0 Å². The highest BCUT2D eigenvalue weighted by atomic mass is 32.1. The molecule has 3 N–H and O–H groups in total. The smallest absolute Gasteiger partial charge is 0.118 e. The molecule has 0 heterocycles. The van der Waals surface area contributed by atoms with E-state index in [1.807, 2.05) is 39.8 Å². The molecule has 3 heteroatoms. The summed E-state index contributed by atoms with van der Waals surface area (Å²) in [6.07, 6.45) is 3.89. The quantitative estimate of drug-likeness (QED) is 0.292. The number of hydrogen-bond acceptors (Lipinski definition) is 2. The zero-order valence-corrected chi connectivity index (χ0v) is 10.7. The normalized spacial score (nSPS) is 14.7. The summed E-state index contributed by atoms with van der Waals surface area (Å²) in [7, 11) is 0. The predicted octanol–water partition coefficient (Wildman–Crippen LogP) is 3.28. The van der Waals surface area contributed by atoms with Gasteiger partial charge in [-0.25, -0.2) is 0 Å². The van der Waals surface area contributed by atoms with E-state index < -0.39 is 0 Å². The minimum Gasteiger partial charge on any atom is -0.384 e. The third-order valence-corrected chi connectivity index (χ3v) is 2.40. The van der Waals surface area contributed by atoms with Gasteiger partial charge in [0.2, 0.25) is 0 Å². The molecule has 0 aliphatic rings. The Morgan fingerprint density at radius 2 is 1.80 bits per heavy atom. The van der Waals surface area contributed by atoms with E-state index in [-0.39, 0.29) is 11.8 Å². The van der Waals surface area contributed by atoms with Crippen molar-refractivity contribution in [2.24, 2.45) is 11.7 Å². The van der Waals surface area contributed by atoms with Gasteiger partial charge in [-0.1, -0.05) is 26.0 Å². The second-order valence-electron chi connectivity index (χ2n) is 3.85. The van der Waals surface area contributed by atoms with Crippen LogP contribution in [-0.2, 0) is 0 Å². The SMILES string of the molecule is CC(/C=C\S)=C(C)\C=C(\C(=N)N)C(C)C. The van der Waals surface area contributed by atoms with Gasteiger partial charge in [-0.05, 0) is 41.9 Å². The summed E-state index contributed by atoms with van der Waals surface area (Å²) in [5.74, 6) is 0.414. The van der Waals surface area contributed by atoms with Crippen molar-refractivity contribution in [1.29, 1.82) is 5.41 Å². The Hall–Kier alpha value is -0.960. The highest BCUT2D eigenvalue weighted by molar-refractivity contribution is 7.83. The summed E-state index contributed by atoms with van der Waals surface area (Å²) in [5, 5.41) is 9.18. The average Bonchev–Trinajstić information content (AvgIpc) is 2.12. The van der Waals surface area contributed by atoms with E-state index in [4.69, 9.17) is 11.1 Å². The molecule has 0 aromatic heterocycles. The van der Waals surface area contributed by atoms with Crippen LogP contribution < -0.4 is 5.73 Å². The highest BCUT2D eigenvalue weighted by Crippen LogP contribution is 2.15. The first kappa shape index (κ1) is 14.0. The predicted molar refractivity (Wildman–Crippen MR) is 71.3 cm³/mol. The van der Waals surface area contributed by atoms with E-state index in [2.05, 4.69) is 12.6 Å². The van der Waals surface area contributed by atoms with Crippen LogP contribution in [0.2, 0.25) is 0 Å². The Morgan fingerprint density at radius 3 is 2.13 bits per heavy atom. The number of nitrogens with two attached hydrogens (primary N) is 1. The molecule has 0 unspecified atom stereocenters. The van der Waals surface area contributed by atoms with Crippen LogP contribution in [0.5, 0.6) is 0 Å². The van der Waals surface area contributed by atoms with Crippen molar-refractivity contribution < 1.29 is 0 Å². The average molecular weight is 224 g/mol. The van der Waals surface area contributed by atoms with Crippen molar-refractivity contribution >= 4 is 18.5 Å². The van der Waals surface area contributed by atoms with E-state index >= 15 is 0 Å². The van der Waals surface area contributed by atoms with E-state index in [1.165, 1.54) is 0 Å². The van der Waals surface area contributed by atoms with Crippen LogP contribution >= 0.6 is 12.6 Å². The van der Waals surface area contributed by atoms with Gasteiger partial charge in [0.15, 0.2) is 0 Å². The zero-order valence-electron chi connectivity index (χ0n) is 9.83. The van der Waals surface area contributed by atoms with Gasteiger partial charge in [0.1, 0.15) is 5.84 Å². The Kier molecular flexibility index (Phi) is 6.09. The summed E-state index contributed by atoms with van der Waals surface area (Å²) < 4.78 is 0. The Bertz CT molecular complexity index is 323. The van der Waals surface area contributed by atoms with Gasteiger partial charge in [0.05, 0.1) is 0 Å². The lowest BCUT2D eigenvalue weighted by molar-refractivity contribution is 0.798. The molecule has 0 bridgehead atoms. The summed E-state index contributed by atoms with van der Waals surface area (Å²) >= 11 is 4.02. The van der Waals surface area contributed by atoms with Crippen molar-refractivity contribution in [3.8, 4) is 0 Å². The first-order valence-corrected chi connectivity index (χ1v) is 5.46. The molecule has 0 saturated heterocycles. The highest BCUT2D eigenvalue weighted by Gasteiger charge is 2.06. The fourth-order valence-electron chi connectivity index (χ4n) is 1.15. The minimum absolute atomic E-state index is 0.145. The lowest BCUT2D eigenvalue weighted by Crippen LogP contribution is -2.17. The largest absolute Gasteiger partial charge is 0.384 e. The van der Waals surface area contributed by atoms with Gasteiger partial charge in [-0.3, -0.25) is 5.41 Å². The molecule has 0 aromatic carbocycles. The van der Waals surface area contributed by atoms with Crippen molar-refractivity contribution in [2.45, 2.75) is 27.7 Å². The molecule has 84 valence electrons. The van der Waals surface area contributed by atoms with Gasteiger partial charge < -0.3 is 5.73 Å². The molecule has 0 rings (SSSR count). The van der Waals surface area contributed by atoms with Crippen molar-refractivity contribution in [2.75, 3.05) is 0 Å². The van der Waals surface area contributed by atoms with Gasteiger partial charge in [0, 0.05) is 0 Å². The van der Waals surface area contributed by atoms with Crippen molar-refractivity contribution in [3.63, 3.8) is 0 Å². The van der Waals surface area contributed by atoms with E-state index in [9.17, 15) is 0 Å². The molecule has 0 fully saturated rings. The van der Waals surface area contributed by atoms with E-state index in [0.717, 1.165) is 16.7 Å². The molecule has 2 nitrogen and oxygen atoms in total. The topological polar surface area (TPSA) is 49.9 Å². The van der Waals surface area contributed by atoms with E-state index in [1.54, 1.807) is 5.41 Å². The maximum Gasteiger partial charge on any atom is 0.118 e. The van der Waals surface area contributed by atoms with Gasteiger partial charge in [-0.2, -0.15) is 12.6 Å². The molecule has 15 heavy (non-hydrogen) atoms. The molecular formula is C12H20N2S. The van der Waals surface area contributed by atoms with Gasteiger partial charge in [-0.15, -0.1) is 0 Å². The van der Waals surface area contributed by atoms with Crippen LogP contribution in [0.3, 0.4) is 0 Å². The third-order valence-electron chi connectivity index (χ3n) is 2.25. The van der Waals surface area contributed by atoms with Crippen LogP contribution in [0, 0.1) is 11.3 Å². The second kappa shape index (κ2) is 6.51. The lowest BCUT2D eigenvalue weighted by atomic mass is 9.98. The molecule has 0 radical (unpaired) electrons. The molecule has 0 aliphatic heterocycles. The lowest BCUT2D eigenvalue weighted by Gasteiger charge is -2.10. The first-order valence-electron chi connectivity index (χ1n) is 4.94. The molecular weight excluding hydrogens is 204 g/mol. The maximum atomic E-state index is 7.47. The number of thiol groups is 1. The molecule has 0 aliphatic carbocycles. The summed E-state index contributed by atoms with van der Waals surface area (Å²) in [6.45, 7) is 8.08. The molecule has 0 saturated carbocycles. The minimum atomic E-state index is 0.145. The maximum absolute atomic E-state index is 7.47. The number of allylic oxidation sites excluding steroid dienone is 4. The fourth-order valence-corrected chi connectivity index (χ4v) is 1.37. The van der Waals surface area contributed by atoms with Crippen LogP contribution in [-0.4, -0.2) is 5.84 Å². The standard InChI is InChI=1S/C12H20N2S/c1-8(2)11(12(13)14)7-10(4)9(3)5-6-15/h5-8,15H,1-4H3,(H3,13,14)/b6-5-,10-9+,11-7+. The fraction of sp³-hybridized carbons (Fsp3) is 0.417. The second-order valence-corrected chi connectivity index (χ2v) is 4.15. The molecule has 0 spiro atoms. The molecule has 0 atom stereocenters. The number of amidine groups is 1. The van der Waals surface area contributed by atoms with E-state index in [0.29, 0.717) is 0 Å². The number of hydrogen-bond donors (Lipinski definition) is 3. The summed E-state index contributed by atoms with van der Waals surface area (Å²) in [5.41, 5.74) is 8.63. The zero-order chi connectivity index (χ0) is 12.0. The Balaban J connectivity index is 5.16. The van der Waals surface area contributed by atoms with Crippen molar-refractivity contribution in [3.05, 3.63) is 34.3 Å². The Labute approximate surface area is 97.9 Å². The van der Waals surface area contributed by atoms with Crippen LogP contribution in [0.25, 0.3) is 0 Å². The van der Waals surface area contributed by atoms with Crippen molar-refractivity contribution in [1.82, 2.24) is 0 Å². The van der Waals surface area contributed by atoms with Crippen LogP contribution in [0.1, 0.15) is 27.7 Å². The summed E-state index contributed by atoms with van der Waals surface area (Å²) in [6, 6.07) is 0. The Morgan fingerprint density at radius 1 is 1.27 bits per heavy atom. The molecule has 0 aromatic rings. The number of nitrogens with one attached hydrogen (secondary N) is 1. The first-order chi connectivity index (χ1) is 6.90. The van der Waals surface area contributed by atoms with Crippen LogP contribution in [0.15, 0.2) is 34.3 Å². The molecule has 0 amide bonds. The monoisotopic (exact) mass is 224 g/mol. The third kappa shape index (κ3) is 4.88. The summed E-state index contributed by atoms with van der Waals surface area (Å²) in [4.78, 5) is 0. The van der Waals surface area contributed by atoms with Gasteiger partial charge in [0.25, 0.3) is 0 Å². The number of rotatable bonds is 4. The van der Waals surface area contributed by atoms with Gasteiger partial charge >= 0.3 is 0 Å².